The summed E-state index contributed by atoms with van der Waals surface area (Å²) < 4.78 is 46.6. The lowest BCUT2D eigenvalue weighted by molar-refractivity contribution is 0.356. The van der Waals surface area contributed by atoms with Gasteiger partial charge in [-0.3, -0.25) is 0 Å². The Morgan fingerprint density at radius 3 is 1.78 bits per heavy atom. The molecule has 3 aromatic rings. The Hall–Kier alpha value is -3.10. The van der Waals surface area contributed by atoms with Crippen molar-refractivity contribution in [1.82, 2.24) is 20.6 Å². The molecule has 0 bridgehead atoms. The average molecular weight is 598 g/mol. The van der Waals surface area contributed by atoms with Crippen LogP contribution in [0.1, 0.15) is 80.9 Å². The Morgan fingerprint density at radius 1 is 0.780 bits per heavy atom. The number of rotatable bonds is 7. The summed E-state index contributed by atoms with van der Waals surface area (Å²) >= 11 is 0. The van der Waals surface area contributed by atoms with E-state index in [0.29, 0.717) is 28.1 Å². The number of tetrazole rings is 1. The summed E-state index contributed by atoms with van der Waals surface area (Å²) in [7, 11) is -6.49. The van der Waals surface area contributed by atoms with Crippen molar-refractivity contribution in [3.63, 3.8) is 0 Å². The summed E-state index contributed by atoms with van der Waals surface area (Å²) in [5.74, 6) is 1.75. The second kappa shape index (κ2) is 13.7. The van der Waals surface area contributed by atoms with Gasteiger partial charge in [0.15, 0.2) is 19.7 Å². The van der Waals surface area contributed by atoms with Crippen molar-refractivity contribution < 1.29 is 16.8 Å². The number of hydrogen-bond acceptors (Lipinski definition) is 8. The van der Waals surface area contributed by atoms with E-state index in [4.69, 9.17) is 0 Å². The molecule has 2 fully saturated rings. The minimum absolute atomic E-state index is 0.233. The highest BCUT2D eigenvalue weighted by Gasteiger charge is 2.20. The number of nitrogens with zero attached hydrogens (tertiary/aromatic N) is 4. The third kappa shape index (κ3) is 8.69. The number of hydrogen-bond donors (Lipinski definition) is 1. The predicted octanol–water partition coefficient (Wildman–Crippen LogP) is 5.48. The summed E-state index contributed by atoms with van der Waals surface area (Å²) in [4.78, 5) is 0.524. The lowest BCUT2D eigenvalue weighted by Crippen LogP contribution is -2.10. The van der Waals surface area contributed by atoms with Crippen LogP contribution in [0.25, 0.3) is 11.4 Å². The van der Waals surface area contributed by atoms with E-state index in [0.717, 1.165) is 29.5 Å². The van der Waals surface area contributed by atoms with Gasteiger partial charge in [-0.05, 0) is 65.3 Å². The van der Waals surface area contributed by atoms with E-state index in [1.165, 1.54) is 82.8 Å². The number of nitriles is 1. The van der Waals surface area contributed by atoms with Crippen LogP contribution in [0.2, 0.25) is 0 Å². The number of sulfone groups is 2. The van der Waals surface area contributed by atoms with Crippen molar-refractivity contribution in [3.05, 3.63) is 53.1 Å². The van der Waals surface area contributed by atoms with Gasteiger partial charge in [0, 0.05) is 18.1 Å². The van der Waals surface area contributed by atoms with E-state index < -0.39 is 19.7 Å². The van der Waals surface area contributed by atoms with E-state index in [1.807, 2.05) is 12.1 Å². The molecule has 1 heterocycles. The Labute approximate surface area is 243 Å². The van der Waals surface area contributed by atoms with Gasteiger partial charge in [-0.1, -0.05) is 76.3 Å². The molecule has 2 saturated carbocycles. The van der Waals surface area contributed by atoms with Crippen LogP contribution in [0.5, 0.6) is 0 Å². The van der Waals surface area contributed by atoms with Crippen LogP contribution in [0, 0.1) is 23.2 Å². The Bertz CT molecular complexity index is 1570. The largest absolute Gasteiger partial charge is 0.224 e. The van der Waals surface area contributed by atoms with Gasteiger partial charge in [-0.2, -0.15) is 10.5 Å². The molecule has 0 radical (unpaired) electrons. The van der Waals surface area contributed by atoms with Crippen molar-refractivity contribution in [2.45, 2.75) is 86.8 Å². The molecule has 41 heavy (non-hydrogen) atoms. The Morgan fingerprint density at radius 2 is 1.29 bits per heavy atom. The quantitative estimate of drug-likeness (QED) is 0.377. The fourth-order valence-electron chi connectivity index (χ4n) is 5.92. The second-order valence-electron chi connectivity index (χ2n) is 11.4. The number of aromatic amines is 1. The first-order chi connectivity index (χ1) is 19.5. The molecule has 5 rings (SSSR count). The summed E-state index contributed by atoms with van der Waals surface area (Å²) in [6.45, 7) is 0. The van der Waals surface area contributed by atoms with Gasteiger partial charge in [0.2, 0.25) is 5.82 Å². The maximum atomic E-state index is 11.8. The van der Waals surface area contributed by atoms with Crippen LogP contribution in [0.15, 0.2) is 46.2 Å². The average Bonchev–Trinajstić information content (AvgIpc) is 3.49. The second-order valence-corrected chi connectivity index (χ2v) is 15.5. The first-order valence-electron chi connectivity index (χ1n) is 14.3. The first kappa shape index (κ1) is 30.8. The fraction of sp³-hybridized carbons (Fsp3) is 0.533. The molecule has 0 unspecified atom stereocenters. The van der Waals surface area contributed by atoms with Crippen LogP contribution < -0.4 is 0 Å². The molecular weight excluding hydrogens is 558 g/mol. The van der Waals surface area contributed by atoms with Gasteiger partial charge < -0.3 is 0 Å². The highest BCUT2D eigenvalue weighted by molar-refractivity contribution is 7.91. The summed E-state index contributed by atoms with van der Waals surface area (Å²) in [5.41, 5.74) is 3.36. The molecule has 2 aliphatic rings. The molecule has 2 aliphatic carbocycles. The number of aromatic nitrogens is 4. The highest BCUT2D eigenvalue weighted by atomic mass is 32.2. The van der Waals surface area contributed by atoms with E-state index >= 15 is 0 Å². The predicted molar refractivity (Wildman–Crippen MR) is 158 cm³/mol. The van der Waals surface area contributed by atoms with Crippen molar-refractivity contribution in [1.29, 1.82) is 5.26 Å². The van der Waals surface area contributed by atoms with E-state index in [9.17, 15) is 22.1 Å². The third-order valence-corrected chi connectivity index (χ3v) is 10.4. The molecule has 2 aromatic carbocycles. The molecule has 9 nitrogen and oxygen atoms in total. The van der Waals surface area contributed by atoms with Crippen molar-refractivity contribution >= 4 is 19.7 Å². The van der Waals surface area contributed by atoms with Crippen molar-refractivity contribution in [2.75, 3.05) is 12.5 Å². The van der Waals surface area contributed by atoms with Gasteiger partial charge in [0.05, 0.1) is 21.4 Å². The molecule has 0 aliphatic heterocycles. The number of H-pyrrole nitrogens is 1. The van der Waals surface area contributed by atoms with Crippen molar-refractivity contribution in [2.24, 2.45) is 11.8 Å². The van der Waals surface area contributed by atoms with Gasteiger partial charge in [-0.15, -0.1) is 10.2 Å². The monoisotopic (exact) mass is 597 g/mol. The fourth-order valence-corrected chi connectivity index (χ4v) is 7.22. The standard InChI is InChI=1S/C15H20N4O2S.C15H19NO2S/c1-22(20,21)13-8-7-12(9-11-5-3-2-4-6-11)14(10-13)15-16-18-19-17-15;1-19(17,18)15-8-7-13(14(10-15)11-16)9-12-5-3-2-4-6-12/h7-8,10-11H,2-6,9H2,1H3,(H,16,17,18,19);7-8,10,12H,2-6,9H2,1H3. The minimum atomic E-state index is -3.25. The molecule has 1 N–H and O–H groups in total. The lowest BCUT2D eigenvalue weighted by Gasteiger charge is -2.22. The van der Waals surface area contributed by atoms with Crippen LogP contribution in [0.4, 0.5) is 0 Å². The lowest BCUT2D eigenvalue weighted by atomic mass is 9.84. The Kier molecular flexibility index (Phi) is 10.3. The molecule has 11 heteroatoms. The molecule has 0 spiro atoms. The molecular formula is C30H39N5O4S2. The summed E-state index contributed by atoms with van der Waals surface area (Å²) in [5, 5.41) is 23.3. The van der Waals surface area contributed by atoms with Crippen molar-refractivity contribution in [3.8, 4) is 17.5 Å². The van der Waals surface area contributed by atoms with Gasteiger partial charge in [-0.25, -0.2) is 16.8 Å². The SMILES string of the molecule is CS(=O)(=O)c1ccc(CC2CCCCC2)c(-c2nn[nH]n2)c1.CS(=O)(=O)c1ccc(CC2CCCCC2)c(C#N)c1. The smallest absolute Gasteiger partial charge is 0.204 e. The maximum absolute atomic E-state index is 11.8. The Balaban J connectivity index is 0.000000191. The van der Waals surface area contributed by atoms with E-state index in [-0.39, 0.29) is 4.90 Å². The molecule has 1 aromatic heterocycles. The highest BCUT2D eigenvalue weighted by Crippen LogP contribution is 2.32. The van der Waals surface area contributed by atoms with Crippen LogP contribution in [-0.4, -0.2) is 50.0 Å². The minimum Gasteiger partial charge on any atom is -0.224 e. The third-order valence-electron chi connectivity index (χ3n) is 8.19. The molecule has 0 atom stereocenters. The van der Waals surface area contributed by atoms with Gasteiger partial charge in [0.25, 0.3) is 0 Å². The van der Waals surface area contributed by atoms with Crippen LogP contribution in [-0.2, 0) is 32.5 Å². The summed E-state index contributed by atoms with van der Waals surface area (Å²) in [6.07, 6.45) is 16.9. The van der Waals surface area contributed by atoms with Gasteiger partial charge >= 0.3 is 0 Å². The maximum Gasteiger partial charge on any atom is 0.204 e. The van der Waals surface area contributed by atoms with Crippen LogP contribution in [0.3, 0.4) is 0 Å². The summed E-state index contributed by atoms with van der Waals surface area (Å²) in [6, 6.07) is 12.3. The molecule has 0 saturated heterocycles. The zero-order chi connectivity index (χ0) is 29.5. The van der Waals surface area contributed by atoms with Crippen LogP contribution >= 0.6 is 0 Å². The number of benzene rings is 2. The van der Waals surface area contributed by atoms with Gasteiger partial charge in [0.1, 0.15) is 0 Å². The first-order valence-corrected chi connectivity index (χ1v) is 18.1. The molecule has 0 amide bonds. The molecule has 220 valence electrons. The zero-order valence-corrected chi connectivity index (χ0v) is 25.5. The zero-order valence-electron chi connectivity index (χ0n) is 23.8. The van der Waals surface area contributed by atoms with E-state index in [1.54, 1.807) is 18.2 Å². The topological polar surface area (TPSA) is 147 Å². The normalized spacial score (nSPS) is 16.9. The van der Waals surface area contributed by atoms with E-state index in [2.05, 4.69) is 26.7 Å². The number of nitrogens with one attached hydrogen (secondary N) is 1.